The molecular weight excluding hydrogens is 192 g/mol. The molecule has 0 spiro atoms. The molecule has 4 nitrogen and oxygen atoms in total. The van der Waals surface area contributed by atoms with Gasteiger partial charge in [-0.3, -0.25) is 4.79 Å². The van der Waals surface area contributed by atoms with Crippen LogP contribution in [-0.4, -0.2) is 17.2 Å². The van der Waals surface area contributed by atoms with Crippen LogP contribution in [0.4, 0.5) is 0 Å². The molecule has 1 unspecified atom stereocenters. The number of hydrogen-bond donors (Lipinski definition) is 3. The molecule has 15 heavy (non-hydrogen) atoms. The van der Waals surface area contributed by atoms with E-state index in [4.69, 9.17) is 0 Å². The van der Waals surface area contributed by atoms with Crippen LogP contribution in [0, 0.1) is 0 Å². The van der Waals surface area contributed by atoms with E-state index >= 15 is 0 Å². The maximum Gasteiger partial charge on any atom is 0.269 e. The molecule has 0 saturated carbocycles. The maximum atomic E-state index is 11.4. The molecule has 1 saturated heterocycles. The number of amides is 1. The van der Waals surface area contributed by atoms with E-state index < -0.39 is 0 Å². The third-order valence-electron chi connectivity index (χ3n) is 2.20. The molecule has 1 aromatic rings. The van der Waals surface area contributed by atoms with Gasteiger partial charge in [0.25, 0.3) is 5.91 Å². The number of para-hydroxylation sites is 1. The third-order valence-corrected chi connectivity index (χ3v) is 2.20. The Morgan fingerprint density at radius 1 is 1.33 bits per heavy atom. The summed E-state index contributed by atoms with van der Waals surface area (Å²) in [5, 5.41) is 15.2. The van der Waals surface area contributed by atoms with Crippen molar-refractivity contribution in [3.8, 4) is 5.75 Å². The Morgan fingerprint density at radius 2 is 2.07 bits per heavy atom. The Labute approximate surface area is 87.6 Å². The molecule has 3 N–H and O–H groups in total. The largest absolute Gasteiger partial charge is 0.507 e. The van der Waals surface area contributed by atoms with Crippen molar-refractivity contribution in [1.29, 1.82) is 0 Å². The van der Waals surface area contributed by atoms with E-state index in [1.54, 1.807) is 24.3 Å². The molecule has 1 heterocycles. The molecule has 78 valence electrons. The minimum absolute atomic E-state index is 0.0606. The van der Waals surface area contributed by atoms with Crippen LogP contribution in [0.25, 0.3) is 6.08 Å². The number of hydrogen-bond acceptors (Lipinski definition) is 3. The monoisotopic (exact) mass is 204 g/mol. The van der Waals surface area contributed by atoms with Gasteiger partial charge in [0, 0.05) is 5.56 Å². The average Bonchev–Trinajstić information content (AvgIpc) is 2.49. The second-order valence-corrected chi connectivity index (χ2v) is 3.46. The summed E-state index contributed by atoms with van der Waals surface area (Å²) >= 11 is 0. The van der Waals surface area contributed by atoms with Crippen LogP contribution in [0.5, 0.6) is 5.75 Å². The molecule has 1 fully saturated rings. The Balaban J connectivity index is 2.31. The molecule has 1 aliphatic rings. The maximum absolute atomic E-state index is 11.4. The second kappa shape index (κ2) is 3.65. The fraction of sp³-hybridized carbons (Fsp3) is 0.182. The summed E-state index contributed by atoms with van der Waals surface area (Å²) in [6.45, 7) is 1.85. The van der Waals surface area contributed by atoms with Gasteiger partial charge in [0.1, 0.15) is 11.4 Å². The topological polar surface area (TPSA) is 61.4 Å². The minimum atomic E-state index is -0.147. The van der Waals surface area contributed by atoms with Gasteiger partial charge in [0.15, 0.2) is 0 Å². The standard InChI is InChI=1S/C11H12N2O2/c1-7-12-9(11(15)13-7)6-8-4-2-3-5-10(8)14/h2-7,12,14H,1H3,(H,13,15). The predicted octanol–water partition coefficient (Wildman–Crippen LogP) is 0.798. The lowest BCUT2D eigenvalue weighted by atomic mass is 10.1. The number of aromatic hydroxyl groups is 1. The summed E-state index contributed by atoms with van der Waals surface area (Å²) in [6, 6.07) is 6.88. The SMILES string of the molecule is CC1NC(=O)C(=Cc2ccccc2O)N1. The quantitative estimate of drug-likeness (QED) is 0.593. The number of phenols is 1. The molecule has 2 rings (SSSR count). The molecule has 1 aliphatic heterocycles. The van der Waals surface area contributed by atoms with Gasteiger partial charge < -0.3 is 15.7 Å². The number of nitrogens with one attached hydrogen (secondary N) is 2. The van der Waals surface area contributed by atoms with Gasteiger partial charge in [-0.1, -0.05) is 18.2 Å². The average molecular weight is 204 g/mol. The van der Waals surface area contributed by atoms with E-state index in [9.17, 15) is 9.90 Å². The molecule has 0 radical (unpaired) electrons. The van der Waals surface area contributed by atoms with Crippen molar-refractivity contribution < 1.29 is 9.90 Å². The number of benzene rings is 1. The van der Waals surface area contributed by atoms with Crippen LogP contribution in [0.3, 0.4) is 0 Å². The van der Waals surface area contributed by atoms with Crippen molar-refractivity contribution in [2.75, 3.05) is 0 Å². The summed E-state index contributed by atoms with van der Waals surface area (Å²) in [5.74, 6) is 0.0184. The van der Waals surface area contributed by atoms with Gasteiger partial charge in [-0.2, -0.15) is 0 Å². The van der Waals surface area contributed by atoms with Gasteiger partial charge in [0.05, 0.1) is 6.17 Å². The van der Waals surface area contributed by atoms with Crippen molar-refractivity contribution in [1.82, 2.24) is 10.6 Å². The zero-order chi connectivity index (χ0) is 10.8. The lowest BCUT2D eigenvalue weighted by Crippen LogP contribution is -2.27. The lowest BCUT2D eigenvalue weighted by molar-refractivity contribution is -0.116. The molecule has 0 bridgehead atoms. The van der Waals surface area contributed by atoms with E-state index in [0.717, 1.165) is 0 Å². The lowest BCUT2D eigenvalue weighted by Gasteiger charge is -2.01. The Morgan fingerprint density at radius 3 is 2.67 bits per heavy atom. The first kappa shape index (κ1) is 9.58. The first-order chi connectivity index (χ1) is 7.16. The van der Waals surface area contributed by atoms with Crippen LogP contribution >= 0.6 is 0 Å². The first-order valence-electron chi connectivity index (χ1n) is 4.74. The summed E-state index contributed by atoms with van der Waals surface area (Å²) in [7, 11) is 0. The fourth-order valence-corrected chi connectivity index (χ4v) is 1.48. The van der Waals surface area contributed by atoms with E-state index in [2.05, 4.69) is 10.6 Å². The van der Waals surface area contributed by atoms with Crippen molar-refractivity contribution in [3.05, 3.63) is 35.5 Å². The predicted molar refractivity (Wildman–Crippen MR) is 56.8 cm³/mol. The molecule has 1 amide bonds. The zero-order valence-corrected chi connectivity index (χ0v) is 8.32. The molecule has 4 heteroatoms. The number of phenolic OH excluding ortho intramolecular Hbond substituents is 1. The van der Waals surface area contributed by atoms with E-state index in [1.807, 2.05) is 13.0 Å². The van der Waals surface area contributed by atoms with Crippen LogP contribution in [-0.2, 0) is 4.79 Å². The minimum Gasteiger partial charge on any atom is -0.507 e. The van der Waals surface area contributed by atoms with E-state index in [-0.39, 0.29) is 17.8 Å². The summed E-state index contributed by atoms with van der Waals surface area (Å²) in [4.78, 5) is 11.4. The van der Waals surface area contributed by atoms with E-state index in [1.165, 1.54) is 0 Å². The van der Waals surface area contributed by atoms with Crippen LogP contribution in [0.2, 0.25) is 0 Å². The van der Waals surface area contributed by atoms with Crippen molar-refractivity contribution >= 4 is 12.0 Å². The molecular formula is C11H12N2O2. The van der Waals surface area contributed by atoms with Gasteiger partial charge in [-0.05, 0) is 19.1 Å². The summed E-state index contributed by atoms with van der Waals surface area (Å²) in [6.07, 6.45) is 1.57. The highest BCUT2D eigenvalue weighted by atomic mass is 16.3. The van der Waals surface area contributed by atoms with Gasteiger partial charge in [0.2, 0.25) is 0 Å². The van der Waals surface area contributed by atoms with Crippen LogP contribution in [0.1, 0.15) is 12.5 Å². The first-order valence-corrected chi connectivity index (χ1v) is 4.74. The number of rotatable bonds is 1. The van der Waals surface area contributed by atoms with E-state index in [0.29, 0.717) is 11.3 Å². The van der Waals surface area contributed by atoms with Crippen molar-refractivity contribution in [3.63, 3.8) is 0 Å². The smallest absolute Gasteiger partial charge is 0.269 e. The van der Waals surface area contributed by atoms with Gasteiger partial charge in [-0.15, -0.1) is 0 Å². The van der Waals surface area contributed by atoms with Crippen molar-refractivity contribution in [2.24, 2.45) is 0 Å². The number of carbonyl (C=O) groups excluding carboxylic acids is 1. The van der Waals surface area contributed by atoms with Gasteiger partial charge >= 0.3 is 0 Å². The molecule has 1 aromatic carbocycles. The molecule has 1 atom stereocenters. The third kappa shape index (κ3) is 1.93. The summed E-state index contributed by atoms with van der Waals surface area (Å²) in [5.41, 5.74) is 1.10. The number of carbonyl (C=O) groups is 1. The normalized spacial score (nSPS) is 22.6. The molecule has 0 aromatic heterocycles. The zero-order valence-electron chi connectivity index (χ0n) is 8.32. The summed E-state index contributed by atoms with van der Waals surface area (Å²) < 4.78 is 0. The Bertz CT molecular complexity index is 426. The second-order valence-electron chi connectivity index (χ2n) is 3.46. The molecule has 0 aliphatic carbocycles. The Hall–Kier alpha value is -1.97. The highest BCUT2D eigenvalue weighted by Gasteiger charge is 2.21. The van der Waals surface area contributed by atoms with Crippen LogP contribution < -0.4 is 10.6 Å². The fourth-order valence-electron chi connectivity index (χ4n) is 1.48. The van der Waals surface area contributed by atoms with Crippen LogP contribution in [0.15, 0.2) is 30.0 Å². The van der Waals surface area contributed by atoms with Crippen molar-refractivity contribution in [2.45, 2.75) is 13.1 Å². The highest BCUT2D eigenvalue weighted by Crippen LogP contribution is 2.19. The highest BCUT2D eigenvalue weighted by molar-refractivity contribution is 5.99. The van der Waals surface area contributed by atoms with Gasteiger partial charge in [-0.25, -0.2) is 0 Å². The Kier molecular flexibility index (Phi) is 2.33.